The molecule has 1 N–H and O–H groups in total. The maximum absolute atomic E-state index is 12.4. The number of para-hydroxylation sites is 1. The number of hydrogen-bond donors (Lipinski definition) is 1. The van der Waals surface area contributed by atoms with Gasteiger partial charge in [-0.15, -0.1) is 0 Å². The van der Waals surface area contributed by atoms with Crippen LogP contribution in [0.2, 0.25) is 0 Å². The lowest BCUT2D eigenvalue weighted by Crippen LogP contribution is -2.35. The van der Waals surface area contributed by atoms with Gasteiger partial charge in [-0.25, -0.2) is 0 Å². The number of carbonyl (C=O) groups excluding carboxylic acids is 1. The van der Waals surface area contributed by atoms with Crippen molar-refractivity contribution in [1.82, 2.24) is 5.32 Å². The third-order valence-electron chi connectivity index (χ3n) is 5.59. The van der Waals surface area contributed by atoms with E-state index in [2.05, 4.69) is 5.32 Å². The maximum Gasteiger partial charge on any atom is 0.258 e. The summed E-state index contributed by atoms with van der Waals surface area (Å²) in [5, 5.41) is 4.18. The molecule has 0 spiro atoms. The number of fused-ring (bicyclic) bond motifs is 4. The van der Waals surface area contributed by atoms with Crippen LogP contribution in [0.1, 0.15) is 42.2 Å². The molecule has 0 radical (unpaired) electrons. The first kappa shape index (κ1) is 17.2. The van der Waals surface area contributed by atoms with Gasteiger partial charge in [-0.2, -0.15) is 0 Å². The zero-order valence-electron chi connectivity index (χ0n) is 15.7. The van der Waals surface area contributed by atoms with E-state index in [1.165, 1.54) is 18.4 Å². The van der Waals surface area contributed by atoms with Crippen LogP contribution in [0.3, 0.4) is 0 Å². The molecular weight excluding hydrogens is 354 g/mol. The van der Waals surface area contributed by atoms with E-state index in [9.17, 15) is 4.79 Å². The predicted octanol–water partition coefficient (Wildman–Crippen LogP) is 4.33. The van der Waals surface area contributed by atoms with Crippen LogP contribution in [0.25, 0.3) is 11.0 Å². The first-order valence-electron chi connectivity index (χ1n) is 9.96. The molecule has 2 aliphatic rings. The number of nitrogens with one attached hydrogen (secondary N) is 1. The molecule has 5 heteroatoms. The maximum atomic E-state index is 12.4. The normalized spacial score (nSPS) is 18.1. The number of hydrogen-bond acceptors (Lipinski definition) is 4. The van der Waals surface area contributed by atoms with E-state index in [1.807, 2.05) is 42.5 Å². The molecule has 0 bridgehead atoms. The van der Waals surface area contributed by atoms with Crippen molar-refractivity contribution in [3.63, 3.8) is 0 Å². The molecule has 0 saturated carbocycles. The van der Waals surface area contributed by atoms with E-state index in [1.54, 1.807) is 0 Å². The average Bonchev–Trinajstić information content (AvgIpc) is 3.10. The van der Waals surface area contributed by atoms with E-state index in [4.69, 9.17) is 13.9 Å². The van der Waals surface area contributed by atoms with Gasteiger partial charge in [-0.3, -0.25) is 4.79 Å². The van der Waals surface area contributed by atoms with Gasteiger partial charge in [0, 0.05) is 29.4 Å². The molecule has 2 aromatic carbocycles. The van der Waals surface area contributed by atoms with Crippen molar-refractivity contribution in [3.05, 3.63) is 59.4 Å². The topological polar surface area (TPSA) is 60.7 Å². The highest BCUT2D eigenvalue weighted by Crippen LogP contribution is 2.34. The van der Waals surface area contributed by atoms with Crippen LogP contribution in [0.4, 0.5) is 0 Å². The molecule has 28 heavy (non-hydrogen) atoms. The summed E-state index contributed by atoms with van der Waals surface area (Å²) in [5.74, 6) is 2.52. The predicted molar refractivity (Wildman–Crippen MR) is 106 cm³/mol. The Morgan fingerprint density at radius 3 is 3.00 bits per heavy atom. The summed E-state index contributed by atoms with van der Waals surface area (Å²) >= 11 is 0. The van der Waals surface area contributed by atoms with Gasteiger partial charge in [0.2, 0.25) is 0 Å². The number of furan rings is 1. The van der Waals surface area contributed by atoms with Crippen molar-refractivity contribution in [2.75, 3.05) is 13.2 Å². The van der Waals surface area contributed by atoms with Crippen LogP contribution < -0.4 is 14.8 Å². The SMILES string of the molecule is O=C(COc1ccc2oc3c(c2c1)CCCC3)NC1CCOc2ccccc21. The molecule has 0 saturated heterocycles. The summed E-state index contributed by atoms with van der Waals surface area (Å²) in [6.07, 6.45) is 5.20. The van der Waals surface area contributed by atoms with Crippen LogP contribution in [0.5, 0.6) is 11.5 Å². The van der Waals surface area contributed by atoms with Gasteiger partial charge in [-0.1, -0.05) is 18.2 Å². The van der Waals surface area contributed by atoms with Gasteiger partial charge in [0.15, 0.2) is 6.61 Å². The van der Waals surface area contributed by atoms with Gasteiger partial charge < -0.3 is 19.2 Å². The van der Waals surface area contributed by atoms with E-state index in [0.29, 0.717) is 12.4 Å². The average molecular weight is 377 g/mol. The Bertz CT molecular complexity index is 1020. The first-order valence-corrected chi connectivity index (χ1v) is 9.96. The number of ether oxygens (including phenoxy) is 2. The number of amides is 1. The summed E-state index contributed by atoms with van der Waals surface area (Å²) in [7, 11) is 0. The Hall–Kier alpha value is -2.95. The summed E-state index contributed by atoms with van der Waals surface area (Å²) < 4.78 is 17.4. The second kappa shape index (κ2) is 7.23. The van der Waals surface area contributed by atoms with Crippen molar-refractivity contribution in [2.24, 2.45) is 0 Å². The summed E-state index contributed by atoms with van der Waals surface area (Å²) in [4.78, 5) is 12.4. The lowest BCUT2D eigenvalue weighted by atomic mass is 9.96. The van der Waals surface area contributed by atoms with E-state index < -0.39 is 0 Å². The van der Waals surface area contributed by atoms with Gasteiger partial charge in [0.05, 0.1) is 12.6 Å². The van der Waals surface area contributed by atoms with Crippen LogP contribution in [-0.4, -0.2) is 19.1 Å². The Morgan fingerprint density at radius 1 is 1.14 bits per heavy atom. The highest BCUT2D eigenvalue weighted by Gasteiger charge is 2.23. The second-order valence-electron chi connectivity index (χ2n) is 7.45. The Labute approximate surface area is 163 Å². The number of aryl methyl sites for hydroxylation is 2. The Balaban J connectivity index is 1.26. The molecule has 144 valence electrons. The lowest BCUT2D eigenvalue weighted by molar-refractivity contribution is -0.124. The molecule has 2 heterocycles. The molecule has 5 rings (SSSR count). The van der Waals surface area contributed by atoms with Gasteiger partial charge in [0.1, 0.15) is 22.8 Å². The second-order valence-corrected chi connectivity index (χ2v) is 7.45. The monoisotopic (exact) mass is 377 g/mol. The van der Waals surface area contributed by atoms with Crippen LogP contribution in [0.15, 0.2) is 46.9 Å². The van der Waals surface area contributed by atoms with Gasteiger partial charge in [-0.05, 0) is 43.5 Å². The summed E-state index contributed by atoms with van der Waals surface area (Å²) in [6.45, 7) is 0.593. The first-order chi connectivity index (χ1) is 13.8. The zero-order chi connectivity index (χ0) is 18.9. The largest absolute Gasteiger partial charge is 0.493 e. The van der Waals surface area contributed by atoms with E-state index in [0.717, 1.165) is 47.3 Å². The Kier molecular flexibility index (Phi) is 4.43. The van der Waals surface area contributed by atoms with Crippen molar-refractivity contribution >= 4 is 16.9 Å². The molecule has 1 atom stereocenters. The summed E-state index contributed by atoms with van der Waals surface area (Å²) in [6, 6.07) is 13.6. The molecular formula is C23H23NO4. The minimum absolute atomic E-state index is 0.00886. The number of rotatable bonds is 4. The third kappa shape index (κ3) is 3.21. The highest BCUT2D eigenvalue weighted by molar-refractivity contribution is 5.84. The Morgan fingerprint density at radius 2 is 2.04 bits per heavy atom. The summed E-state index contributed by atoms with van der Waals surface area (Å²) in [5.41, 5.74) is 3.23. The van der Waals surface area contributed by atoms with Crippen LogP contribution in [0, 0.1) is 0 Å². The fourth-order valence-corrected chi connectivity index (χ4v) is 4.21. The van der Waals surface area contributed by atoms with Crippen molar-refractivity contribution in [2.45, 2.75) is 38.1 Å². The molecule has 0 fully saturated rings. The van der Waals surface area contributed by atoms with E-state index >= 15 is 0 Å². The smallest absolute Gasteiger partial charge is 0.258 e. The molecule has 5 nitrogen and oxygen atoms in total. The minimum Gasteiger partial charge on any atom is -0.493 e. The fourth-order valence-electron chi connectivity index (χ4n) is 4.21. The van der Waals surface area contributed by atoms with E-state index in [-0.39, 0.29) is 18.6 Å². The minimum atomic E-state index is -0.129. The van der Waals surface area contributed by atoms with Crippen LogP contribution in [-0.2, 0) is 17.6 Å². The molecule has 1 unspecified atom stereocenters. The fraction of sp³-hybridized carbons (Fsp3) is 0.348. The van der Waals surface area contributed by atoms with Crippen molar-refractivity contribution in [1.29, 1.82) is 0 Å². The van der Waals surface area contributed by atoms with Crippen molar-refractivity contribution < 1.29 is 18.7 Å². The molecule has 3 aromatic rings. The van der Waals surface area contributed by atoms with Gasteiger partial charge >= 0.3 is 0 Å². The third-order valence-corrected chi connectivity index (χ3v) is 5.59. The lowest BCUT2D eigenvalue weighted by Gasteiger charge is -2.26. The van der Waals surface area contributed by atoms with Gasteiger partial charge in [0.25, 0.3) is 5.91 Å². The van der Waals surface area contributed by atoms with Crippen molar-refractivity contribution in [3.8, 4) is 11.5 Å². The molecule has 1 aliphatic heterocycles. The number of carbonyl (C=O) groups is 1. The quantitative estimate of drug-likeness (QED) is 0.735. The molecule has 1 aromatic heterocycles. The standard InChI is InChI=1S/C23H23NO4/c25-23(24-19-11-12-26-20-7-3-2-6-17(19)20)14-27-15-9-10-22-18(13-15)16-5-1-4-8-21(16)28-22/h2-3,6-7,9-10,13,19H,1,4-5,8,11-12,14H2,(H,24,25). The highest BCUT2D eigenvalue weighted by atomic mass is 16.5. The number of benzene rings is 2. The zero-order valence-corrected chi connectivity index (χ0v) is 15.7. The molecule has 1 amide bonds. The molecule has 1 aliphatic carbocycles. The van der Waals surface area contributed by atoms with Crippen LogP contribution >= 0.6 is 0 Å².